The molecule has 0 aromatic carbocycles. The van der Waals surface area contributed by atoms with Gasteiger partial charge in [0.15, 0.2) is 5.79 Å². The first-order valence-electron chi connectivity index (χ1n) is 5.25. The van der Waals surface area contributed by atoms with E-state index in [4.69, 9.17) is 0 Å². The number of hydrogen-bond donors (Lipinski definition) is 2. The van der Waals surface area contributed by atoms with Gasteiger partial charge in [-0.05, 0) is 26.0 Å². The molecule has 0 aromatic rings. The second-order valence-electron chi connectivity index (χ2n) is 3.89. The summed E-state index contributed by atoms with van der Waals surface area (Å²) in [5, 5.41) is 6.71. The highest BCUT2D eigenvalue weighted by atomic mass is 15.4. The Bertz CT molecular complexity index is 241. The van der Waals surface area contributed by atoms with Crippen molar-refractivity contribution >= 4 is 6.21 Å². The molecule has 0 aliphatic carbocycles. The predicted molar refractivity (Wildman–Crippen MR) is 58.2 cm³/mol. The molecule has 2 heterocycles. The zero-order valence-corrected chi connectivity index (χ0v) is 8.66. The molecule has 0 saturated carbocycles. The Morgan fingerprint density at radius 1 is 1.36 bits per heavy atom. The number of rotatable bonds is 1. The highest BCUT2D eigenvalue weighted by Gasteiger charge is 2.30. The Morgan fingerprint density at radius 2 is 2.29 bits per heavy atom. The van der Waals surface area contributed by atoms with Crippen LogP contribution in [0.3, 0.4) is 0 Å². The molecule has 2 aliphatic heterocycles. The van der Waals surface area contributed by atoms with Crippen molar-refractivity contribution in [3.63, 3.8) is 0 Å². The molecule has 1 atom stereocenters. The van der Waals surface area contributed by atoms with Crippen molar-refractivity contribution in [3.05, 3.63) is 12.3 Å². The maximum atomic E-state index is 4.50. The van der Waals surface area contributed by atoms with E-state index in [1.165, 1.54) is 6.42 Å². The average molecular weight is 194 g/mol. The first-order valence-corrected chi connectivity index (χ1v) is 5.25. The van der Waals surface area contributed by atoms with Crippen LogP contribution in [-0.4, -0.2) is 43.1 Å². The Hall–Kier alpha value is -0.870. The van der Waals surface area contributed by atoms with Gasteiger partial charge in [0.05, 0.1) is 0 Å². The van der Waals surface area contributed by atoms with Gasteiger partial charge in [0, 0.05) is 32.0 Å². The standard InChI is InChI=1S/C10H18N4/c1-10(12-5-2-6-13-10)14-8-3-4-11-7-9-14/h2,5-6,11-12H,3-4,7-9H2,1H3. The quantitative estimate of drug-likeness (QED) is 0.624. The molecule has 0 radical (unpaired) electrons. The monoisotopic (exact) mass is 194 g/mol. The van der Waals surface area contributed by atoms with Gasteiger partial charge in [-0.1, -0.05) is 0 Å². The van der Waals surface area contributed by atoms with Crippen molar-refractivity contribution in [2.24, 2.45) is 4.99 Å². The van der Waals surface area contributed by atoms with Crippen LogP contribution in [0.25, 0.3) is 0 Å². The van der Waals surface area contributed by atoms with Gasteiger partial charge >= 0.3 is 0 Å². The second kappa shape index (κ2) is 4.11. The molecule has 78 valence electrons. The third-order valence-electron chi connectivity index (χ3n) is 2.82. The van der Waals surface area contributed by atoms with E-state index in [0.717, 1.165) is 26.2 Å². The van der Waals surface area contributed by atoms with E-state index in [1.54, 1.807) is 0 Å². The SMILES string of the molecule is CC1(N2CCCNCC2)N=CC=CN1. The Morgan fingerprint density at radius 3 is 3.07 bits per heavy atom. The van der Waals surface area contributed by atoms with Crippen molar-refractivity contribution in [1.82, 2.24) is 15.5 Å². The van der Waals surface area contributed by atoms with Gasteiger partial charge in [-0.3, -0.25) is 9.89 Å². The third-order valence-corrected chi connectivity index (χ3v) is 2.82. The van der Waals surface area contributed by atoms with Gasteiger partial charge in [0.25, 0.3) is 0 Å². The van der Waals surface area contributed by atoms with Crippen LogP contribution in [0.15, 0.2) is 17.3 Å². The summed E-state index contributed by atoms with van der Waals surface area (Å²) < 4.78 is 0. The molecule has 2 aliphatic rings. The Labute approximate surface area is 85.1 Å². The molecule has 1 saturated heterocycles. The maximum Gasteiger partial charge on any atom is 0.183 e. The van der Waals surface area contributed by atoms with Crippen molar-refractivity contribution < 1.29 is 0 Å². The summed E-state index contributed by atoms with van der Waals surface area (Å²) >= 11 is 0. The molecular weight excluding hydrogens is 176 g/mol. The van der Waals surface area contributed by atoms with Crippen LogP contribution < -0.4 is 10.6 Å². The molecular formula is C10H18N4. The van der Waals surface area contributed by atoms with Crippen molar-refractivity contribution in [1.29, 1.82) is 0 Å². The molecule has 0 bridgehead atoms. The lowest BCUT2D eigenvalue weighted by Gasteiger charge is -2.38. The van der Waals surface area contributed by atoms with Gasteiger partial charge < -0.3 is 10.6 Å². The summed E-state index contributed by atoms with van der Waals surface area (Å²) in [6, 6.07) is 0. The summed E-state index contributed by atoms with van der Waals surface area (Å²) in [5.74, 6) is -0.235. The second-order valence-corrected chi connectivity index (χ2v) is 3.89. The summed E-state index contributed by atoms with van der Waals surface area (Å²) in [6.45, 7) is 6.44. The van der Waals surface area contributed by atoms with Crippen LogP contribution in [0.5, 0.6) is 0 Å². The van der Waals surface area contributed by atoms with Gasteiger partial charge in [-0.2, -0.15) is 0 Å². The number of nitrogens with zero attached hydrogens (tertiary/aromatic N) is 2. The average Bonchev–Trinajstić information content (AvgIpc) is 2.47. The van der Waals surface area contributed by atoms with E-state index in [2.05, 4.69) is 27.4 Å². The number of hydrogen-bond acceptors (Lipinski definition) is 4. The Balaban J connectivity index is 2.04. The normalized spacial score (nSPS) is 33.8. The van der Waals surface area contributed by atoms with Gasteiger partial charge in [-0.15, -0.1) is 0 Å². The topological polar surface area (TPSA) is 39.7 Å². The van der Waals surface area contributed by atoms with E-state index in [9.17, 15) is 0 Å². The molecule has 2 N–H and O–H groups in total. The summed E-state index contributed by atoms with van der Waals surface area (Å²) in [4.78, 5) is 6.88. The number of nitrogens with one attached hydrogen (secondary N) is 2. The van der Waals surface area contributed by atoms with E-state index >= 15 is 0 Å². The minimum atomic E-state index is -0.235. The van der Waals surface area contributed by atoms with Gasteiger partial charge in [-0.25, -0.2) is 0 Å². The summed E-state index contributed by atoms with van der Waals surface area (Å²) in [7, 11) is 0. The molecule has 0 aromatic heterocycles. The zero-order chi connectivity index (χ0) is 9.86. The molecule has 14 heavy (non-hydrogen) atoms. The smallest absolute Gasteiger partial charge is 0.183 e. The maximum absolute atomic E-state index is 4.50. The molecule has 0 spiro atoms. The first-order chi connectivity index (χ1) is 6.81. The van der Waals surface area contributed by atoms with Crippen molar-refractivity contribution in [2.45, 2.75) is 19.1 Å². The third kappa shape index (κ3) is 1.96. The van der Waals surface area contributed by atoms with Crippen molar-refractivity contribution in [2.75, 3.05) is 26.2 Å². The lowest BCUT2D eigenvalue weighted by molar-refractivity contribution is 0.0988. The van der Waals surface area contributed by atoms with E-state index < -0.39 is 0 Å². The zero-order valence-electron chi connectivity index (χ0n) is 8.66. The minimum Gasteiger partial charge on any atom is -0.355 e. The molecule has 4 heteroatoms. The molecule has 4 nitrogen and oxygen atoms in total. The molecule has 1 unspecified atom stereocenters. The van der Waals surface area contributed by atoms with Crippen molar-refractivity contribution in [3.8, 4) is 0 Å². The largest absolute Gasteiger partial charge is 0.355 e. The van der Waals surface area contributed by atoms with Crippen LogP contribution in [0.4, 0.5) is 0 Å². The minimum absolute atomic E-state index is 0.235. The lowest BCUT2D eigenvalue weighted by Crippen LogP contribution is -2.55. The van der Waals surface area contributed by atoms with E-state index in [0.29, 0.717) is 0 Å². The fourth-order valence-electron chi connectivity index (χ4n) is 1.93. The summed E-state index contributed by atoms with van der Waals surface area (Å²) in [6.07, 6.45) is 6.95. The number of aliphatic imine (C=N–C) groups is 1. The van der Waals surface area contributed by atoms with Crippen LogP contribution in [-0.2, 0) is 0 Å². The first kappa shape index (κ1) is 9.68. The van der Waals surface area contributed by atoms with Gasteiger partial charge in [0.1, 0.15) is 0 Å². The molecule has 0 amide bonds. The highest BCUT2D eigenvalue weighted by Crippen LogP contribution is 2.16. The number of allylic oxidation sites excluding steroid dienone is 1. The lowest BCUT2D eigenvalue weighted by atomic mass is 10.2. The van der Waals surface area contributed by atoms with E-state index in [1.807, 2.05) is 18.5 Å². The summed E-state index contributed by atoms with van der Waals surface area (Å²) in [5.41, 5.74) is 0. The van der Waals surface area contributed by atoms with E-state index in [-0.39, 0.29) is 5.79 Å². The van der Waals surface area contributed by atoms with Crippen LogP contribution >= 0.6 is 0 Å². The van der Waals surface area contributed by atoms with Crippen LogP contribution in [0.1, 0.15) is 13.3 Å². The highest BCUT2D eigenvalue weighted by molar-refractivity contribution is 5.72. The molecule has 2 rings (SSSR count). The predicted octanol–water partition coefficient (Wildman–Crippen LogP) is 0.143. The fourth-order valence-corrected chi connectivity index (χ4v) is 1.93. The van der Waals surface area contributed by atoms with Crippen LogP contribution in [0.2, 0.25) is 0 Å². The van der Waals surface area contributed by atoms with Crippen LogP contribution in [0, 0.1) is 0 Å². The van der Waals surface area contributed by atoms with Gasteiger partial charge in [0.2, 0.25) is 0 Å². The molecule has 1 fully saturated rings. The Kier molecular flexibility index (Phi) is 2.84. The fraction of sp³-hybridized carbons (Fsp3) is 0.700.